The number of benzene rings is 2. The van der Waals surface area contributed by atoms with Crippen LogP contribution in [-0.4, -0.2) is 25.2 Å². The first-order valence-electron chi connectivity index (χ1n) is 9.64. The van der Waals surface area contributed by atoms with Gasteiger partial charge in [0.15, 0.2) is 11.5 Å². The number of rotatable bonds is 7. The first kappa shape index (κ1) is 21.2. The highest BCUT2D eigenvalue weighted by Gasteiger charge is 2.12. The largest absolute Gasteiger partial charge is 0.493 e. The van der Waals surface area contributed by atoms with E-state index in [-0.39, 0.29) is 5.91 Å². The average molecular weight is 406 g/mol. The van der Waals surface area contributed by atoms with Crippen molar-refractivity contribution in [3.05, 3.63) is 76.7 Å². The molecule has 6 heteroatoms. The lowest BCUT2D eigenvalue weighted by molar-refractivity contribution is -0.113. The molecule has 3 aromatic rings. The minimum Gasteiger partial charge on any atom is -0.493 e. The van der Waals surface area contributed by atoms with E-state index in [9.17, 15) is 4.79 Å². The number of hydrogen-bond donors (Lipinski definition) is 0. The van der Waals surface area contributed by atoms with E-state index in [1.165, 1.54) is 0 Å². The molecule has 0 aliphatic carbocycles. The second-order valence-electron chi connectivity index (χ2n) is 7.07. The number of aromatic nitrogens is 1. The number of hydrogen-bond acceptors (Lipinski definition) is 5. The van der Waals surface area contributed by atoms with Crippen molar-refractivity contribution >= 4 is 17.7 Å². The second kappa shape index (κ2) is 9.31. The monoisotopic (exact) mass is 406 g/mol. The standard InChI is InChI=1S/C24H26N2O4/c1-16-6-10-20(11-7-16)26(4)24(27)13-9-19-8-12-22(23(14-19)28-5)29-15-21-17(2)25-30-18(21)3/h6-14H,15H2,1-5H3. The van der Waals surface area contributed by atoms with Crippen LogP contribution >= 0.6 is 0 Å². The Morgan fingerprint density at radius 2 is 1.83 bits per heavy atom. The summed E-state index contributed by atoms with van der Waals surface area (Å²) in [6.07, 6.45) is 3.30. The van der Waals surface area contributed by atoms with Gasteiger partial charge in [0.25, 0.3) is 5.91 Å². The zero-order valence-electron chi connectivity index (χ0n) is 17.9. The minimum absolute atomic E-state index is 0.114. The van der Waals surface area contributed by atoms with Gasteiger partial charge in [-0.25, -0.2) is 0 Å². The average Bonchev–Trinajstić information content (AvgIpc) is 3.08. The van der Waals surface area contributed by atoms with E-state index >= 15 is 0 Å². The number of carbonyl (C=O) groups is 1. The lowest BCUT2D eigenvalue weighted by Crippen LogP contribution is -2.23. The van der Waals surface area contributed by atoms with Gasteiger partial charge in [0, 0.05) is 18.8 Å². The Balaban J connectivity index is 1.69. The van der Waals surface area contributed by atoms with Gasteiger partial charge < -0.3 is 18.9 Å². The molecule has 30 heavy (non-hydrogen) atoms. The van der Waals surface area contributed by atoms with E-state index in [4.69, 9.17) is 14.0 Å². The van der Waals surface area contributed by atoms with Gasteiger partial charge >= 0.3 is 0 Å². The molecule has 0 fully saturated rings. The van der Waals surface area contributed by atoms with Crippen LogP contribution in [0, 0.1) is 20.8 Å². The van der Waals surface area contributed by atoms with Crippen molar-refractivity contribution in [2.45, 2.75) is 27.4 Å². The first-order chi connectivity index (χ1) is 14.4. The number of anilines is 1. The SMILES string of the molecule is COc1cc(C=CC(=O)N(C)c2ccc(C)cc2)ccc1OCc1c(C)noc1C. The fraction of sp³-hybridized carbons (Fsp3) is 0.250. The Morgan fingerprint density at radius 1 is 1.10 bits per heavy atom. The molecule has 3 rings (SSSR count). The first-order valence-corrected chi connectivity index (χ1v) is 9.64. The van der Waals surface area contributed by atoms with Crippen LogP contribution in [0.3, 0.4) is 0 Å². The lowest BCUT2D eigenvalue weighted by atomic mass is 10.1. The predicted octanol–water partition coefficient (Wildman–Crippen LogP) is 4.86. The Kier molecular flexibility index (Phi) is 6.57. The van der Waals surface area contributed by atoms with E-state index in [0.29, 0.717) is 18.1 Å². The number of methoxy groups -OCH3 is 1. The van der Waals surface area contributed by atoms with E-state index in [2.05, 4.69) is 5.16 Å². The van der Waals surface area contributed by atoms with Gasteiger partial charge in [-0.2, -0.15) is 0 Å². The van der Waals surface area contributed by atoms with Crippen LogP contribution in [0.15, 0.2) is 53.1 Å². The Bertz CT molecular complexity index is 1030. The highest BCUT2D eigenvalue weighted by atomic mass is 16.5. The van der Waals surface area contributed by atoms with Gasteiger partial charge in [-0.15, -0.1) is 0 Å². The van der Waals surface area contributed by atoms with Crippen molar-refractivity contribution < 1.29 is 18.8 Å². The molecule has 0 radical (unpaired) electrons. The number of amides is 1. The minimum atomic E-state index is -0.114. The van der Waals surface area contributed by atoms with Crippen molar-refractivity contribution in [1.82, 2.24) is 5.16 Å². The van der Waals surface area contributed by atoms with E-state index in [0.717, 1.165) is 33.8 Å². The van der Waals surface area contributed by atoms with E-state index < -0.39 is 0 Å². The van der Waals surface area contributed by atoms with Crippen LogP contribution < -0.4 is 14.4 Å². The van der Waals surface area contributed by atoms with Crippen LogP contribution in [0.5, 0.6) is 11.5 Å². The zero-order valence-corrected chi connectivity index (χ0v) is 17.9. The van der Waals surface area contributed by atoms with E-state index in [1.54, 1.807) is 31.2 Å². The number of likely N-dealkylation sites (N-methyl/N-ethyl adjacent to an activating group) is 1. The van der Waals surface area contributed by atoms with Crippen LogP contribution in [0.2, 0.25) is 0 Å². The molecule has 2 aromatic carbocycles. The molecule has 0 N–H and O–H groups in total. The summed E-state index contributed by atoms with van der Waals surface area (Å²) in [5.74, 6) is 1.82. The molecule has 0 aliphatic rings. The summed E-state index contributed by atoms with van der Waals surface area (Å²) in [7, 11) is 3.34. The molecule has 6 nitrogen and oxygen atoms in total. The molecule has 0 bridgehead atoms. The summed E-state index contributed by atoms with van der Waals surface area (Å²) in [5.41, 5.74) is 4.56. The van der Waals surface area contributed by atoms with Crippen molar-refractivity contribution in [1.29, 1.82) is 0 Å². The maximum absolute atomic E-state index is 12.5. The molecule has 1 heterocycles. The summed E-state index contributed by atoms with van der Waals surface area (Å²) in [6.45, 7) is 6.09. The number of nitrogens with zero attached hydrogens (tertiary/aromatic N) is 2. The van der Waals surface area contributed by atoms with Gasteiger partial charge in [-0.05, 0) is 56.7 Å². The van der Waals surface area contributed by atoms with Gasteiger partial charge in [0.1, 0.15) is 12.4 Å². The molecule has 0 atom stereocenters. The molecule has 0 aliphatic heterocycles. The zero-order chi connectivity index (χ0) is 21.7. The fourth-order valence-corrected chi connectivity index (χ4v) is 2.94. The molecule has 1 amide bonds. The van der Waals surface area contributed by atoms with Crippen molar-refractivity contribution in [3.8, 4) is 11.5 Å². The summed E-state index contributed by atoms with van der Waals surface area (Å²) in [5, 5.41) is 3.93. The van der Waals surface area contributed by atoms with Crippen LogP contribution in [0.1, 0.15) is 28.1 Å². The van der Waals surface area contributed by atoms with Crippen molar-refractivity contribution in [2.75, 3.05) is 19.1 Å². The third kappa shape index (κ3) is 4.89. The summed E-state index contributed by atoms with van der Waals surface area (Å²) in [6, 6.07) is 13.3. The molecule has 0 saturated carbocycles. The van der Waals surface area contributed by atoms with Crippen molar-refractivity contribution in [3.63, 3.8) is 0 Å². The maximum Gasteiger partial charge on any atom is 0.250 e. The normalized spacial score (nSPS) is 11.0. The smallest absolute Gasteiger partial charge is 0.250 e. The molecule has 0 saturated heterocycles. The van der Waals surface area contributed by atoms with Crippen LogP contribution in [-0.2, 0) is 11.4 Å². The maximum atomic E-state index is 12.5. The van der Waals surface area contributed by atoms with E-state index in [1.807, 2.05) is 63.2 Å². The molecular formula is C24H26N2O4. The number of ether oxygens (including phenoxy) is 2. The second-order valence-corrected chi connectivity index (χ2v) is 7.07. The Morgan fingerprint density at radius 3 is 2.47 bits per heavy atom. The summed E-state index contributed by atoms with van der Waals surface area (Å²) >= 11 is 0. The van der Waals surface area contributed by atoms with Crippen LogP contribution in [0.25, 0.3) is 6.08 Å². The van der Waals surface area contributed by atoms with Gasteiger partial charge in [0.2, 0.25) is 0 Å². The topological polar surface area (TPSA) is 64.8 Å². The quantitative estimate of drug-likeness (QED) is 0.524. The molecular weight excluding hydrogens is 380 g/mol. The van der Waals surface area contributed by atoms with Gasteiger partial charge in [-0.3, -0.25) is 4.79 Å². The molecule has 1 aromatic heterocycles. The summed E-state index contributed by atoms with van der Waals surface area (Å²) < 4.78 is 16.5. The molecule has 0 unspecified atom stereocenters. The third-order valence-electron chi connectivity index (χ3n) is 4.91. The fourth-order valence-electron chi connectivity index (χ4n) is 2.94. The highest BCUT2D eigenvalue weighted by Crippen LogP contribution is 2.30. The number of aryl methyl sites for hydroxylation is 3. The Hall–Kier alpha value is -3.54. The summed E-state index contributed by atoms with van der Waals surface area (Å²) in [4.78, 5) is 14.1. The highest BCUT2D eigenvalue weighted by molar-refractivity contribution is 6.03. The lowest BCUT2D eigenvalue weighted by Gasteiger charge is -2.15. The predicted molar refractivity (Wildman–Crippen MR) is 117 cm³/mol. The Labute approximate surface area is 176 Å². The van der Waals surface area contributed by atoms with Crippen LogP contribution in [0.4, 0.5) is 5.69 Å². The molecule has 156 valence electrons. The molecule has 0 spiro atoms. The number of carbonyl (C=O) groups excluding carboxylic acids is 1. The third-order valence-corrected chi connectivity index (χ3v) is 4.91. The van der Waals surface area contributed by atoms with Crippen molar-refractivity contribution in [2.24, 2.45) is 0 Å². The van der Waals surface area contributed by atoms with Gasteiger partial charge in [0.05, 0.1) is 18.4 Å². The van der Waals surface area contributed by atoms with Gasteiger partial charge in [-0.1, -0.05) is 28.9 Å².